The van der Waals surface area contributed by atoms with Gasteiger partial charge in [0.1, 0.15) is 5.25 Å². The van der Waals surface area contributed by atoms with Crippen molar-refractivity contribution in [3.05, 3.63) is 28.2 Å². The molecule has 0 bridgehead atoms. The molecule has 0 aliphatic carbocycles. The van der Waals surface area contributed by atoms with Crippen LogP contribution in [-0.2, 0) is 14.6 Å². The number of hydrogen-bond acceptors (Lipinski definition) is 4. The average Bonchev–Trinajstić information content (AvgIpc) is 2.42. The van der Waals surface area contributed by atoms with Gasteiger partial charge in [0.2, 0.25) is 0 Å². The minimum atomic E-state index is -3.59. The fraction of sp³-hybridized carbons (Fsp3) is 0.538. The number of rotatable bonds is 4. The van der Waals surface area contributed by atoms with E-state index in [1.807, 2.05) is 6.92 Å². The van der Waals surface area contributed by atoms with E-state index in [0.717, 1.165) is 0 Å². The molecular formula is C13H17Cl2NO3S. The molecule has 0 aromatic heterocycles. The van der Waals surface area contributed by atoms with Gasteiger partial charge in [0, 0.05) is 17.7 Å². The number of ether oxygens (including phenoxy) is 1. The van der Waals surface area contributed by atoms with E-state index in [1.54, 1.807) is 6.07 Å². The second-order valence-corrected chi connectivity index (χ2v) is 7.66. The number of nitrogens with one attached hydrogen (secondary N) is 1. The van der Waals surface area contributed by atoms with Gasteiger partial charge in [-0.2, -0.15) is 0 Å². The highest BCUT2D eigenvalue weighted by molar-refractivity contribution is 7.92. The van der Waals surface area contributed by atoms with E-state index < -0.39 is 15.1 Å². The van der Waals surface area contributed by atoms with Crippen LogP contribution in [-0.4, -0.2) is 39.5 Å². The third-order valence-corrected chi connectivity index (χ3v) is 6.26. The van der Waals surface area contributed by atoms with Gasteiger partial charge >= 0.3 is 0 Å². The zero-order valence-corrected chi connectivity index (χ0v) is 13.4. The van der Waals surface area contributed by atoms with E-state index in [0.29, 0.717) is 24.6 Å². The summed E-state index contributed by atoms with van der Waals surface area (Å²) in [6.07, 6.45) is 0.663. The molecule has 20 heavy (non-hydrogen) atoms. The van der Waals surface area contributed by atoms with E-state index in [9.17, 15) is 8.42 Å². The largest absolute Gasteiger partial charge is 0.380 e. The van der Waals surface area contributed by atoms with Crippen LogP contribution in [0.3, 0.4) is 0 Å². The predicted octanol–water partition coefficient (Wildman–Crippen LogP) is 2.53. The Morgan fingerprint density at radius 1 is 1.40 bits per heavy atom. The van der Waals surface area contributed by atoms with Crippen molar-refractivity contribution in [1.82, 2.24) is 5.32 Å². The summed E-state index contributed by atoms with van der Waals surface area (Å²) in [5.41, 5.74) is 0. The third-order valence-electron chi connectivity index (χ3n) is 3.37. The Hall–Kier alpha value is -0.330. The van der Waals surface area contributed by atoms with E-state index in [1.165, 1.54) is 12.1 Å². The maximum absolute atomic E-state index is 12.8. The predicted molar refractivity (Wildman–Crippen MR) is 80.3 cm³/mol. The van der Waals surface area contributed by atoms with Crippen LogP contribution in [0.1, 0.15) is 13.3 Å². The van der Waals surface area contributed by atoms with Gasteiger partial charge in [-0.05, 0) is 31.2 Å². The Morgan fingerprint density at radius 3 is 2.85 bits per heavy atom. The van der Waals surface area contributed by atoms with Crippen LogP contribution >= 0.6 is 23.2 Å². The van der Waals surface area contributed by atoms with Gasteiger partial charge in [-0.15, -0.1) is 0 Å². The second-order valence-electron chi connectivity index (χ2n) is 4.69. The molecule has 0 spiro atoms. The quantitative estimate of drug-likeness (QED) is 0.917. The van der Waals surface area contributed by atoms with Crippen LogP contribution in [0.15, 0.2) is 23.1 Å². The summed E-state index contributed by atoms with van der Waals surface area (Å²) in [6.45, 7) is 3.39. The maximum atomic E-state index is 12.8. The summed E-state index contributed by atoms with van der Waals surface area (Å²) in [7, 11) is -3.59. The summed E-state index contributed by atoms with van der Waals surface area (Å²) >= 11 is 11.9. The molecule has 1 heterocycles. The number of hydrogen-bond donors (Lipinski definition) is 1. The monoisotopic (exact) mass is 337 g/mol. The van der Waals surface area contributed by atoms with Gasteiger partial charge in [-0.3, -0.25) is 0 Å². The highest BCUT2D eigenvalue weighted by Gasteiger charge is 2.38. The molecule has 1 fully saturated rings. The van der Waals surface area contributed by atoms with Gasteiger partial charge in [-0.25, -0.2) is 8.42 Å². The Balaban J connectivity index is 2.39. The minimum absolute atomic E-state index is 0.0741. The Kier molecular flexibility index (Phi) is 5.31. The van der Waals surface area contributed by atoms with Crippen molar-refractivity contribution in [3.63, 3.8) is 0 Å². The van der Waals surface area contributed by atoms with Gasteiger partial charge in [0.25, 0.3) is 0 Å². The first kappa shape index (κ1) is 16.0. The van der Waals surface area contributed by atoms with Gasteiger partial charge in [0.05, 0.1) is 16.5 Å². The molecule has 1 aromatic carbocycles. The van der Waals surface area contributed by atoms with Crippen LogP contribution in [0.4, 0.5) is 0 Å². The molecule has 1 aliphatic heterocycles. The third kappa shape index (κ3) is 3.28. The first-order valence-electron chi connectivity index (χ1n) is 6.47. The molecule has 2 unspecified atom stereocenters. The molecule has 7 heteroatoms. The number of sulfone groups is 1. The van der Waals surface area contributed by atoms with E-state index in [-0.39, 0.29) is 22.6 Å². The van der Waals surface area contributed by atoms with Gasteiger partial charge in [0.15, 0.2) is 9.84 Å². The maximum Gasteiger partial charge on any atom is 0.186 e. The van der Waals surface area contributed by atoms with Gasteiger partial charge in [-0.1, -0.05) is 30.1 Å². The standard InChI is InChI=1S/C13H17Cl2NO3S/c1-2-16-11-5-6-19-8-13(11)20(17,18)12-7-9(14)3-4-10(12)15/h3-4,7,11,13,16H,2,5-6,8H2,1H3. The molecule has 112 valence electrons. The topological polar surface area (TPSA) is 55.4 Å². The van der Waals surface area contributed by atoms with Crippen LogP contribution in [0.25, 0.3) is 0 Å². The molecule has 1 aromatic rings. The van der Waals surface area contributed by atoms with Crippen molar-refractivity contribution in [3.8, 4) is 0 Å². The zero-order valence-electron chi connectivity index (χ0n) is 11.1. The molecule has 2 rings (SSSR count). The molecule has 0 saturated carbocycles. The Morgan fingerprint density at radius 2 is 2.15 bits per heavy atom. The van der Waals surface area contributed by atoms with Crippen molar-refractivity contribution in [2.45, 2.75) is 29.5 Å². The average molecular weight is 338 g/mol. The lowest BCUT2D eigenvalue weighted by Crippen LogP contribution is -2.50. The van der Waals surface area contributed by atoms with E-state index >= 15 is 0 Å². The van der Waals surface area contributed by atoms with Crippen LogP contribution in [0.5, 0.6) is 0 Å². The smallest absolute Gasteiger partial charge is 0.186 e. The summed E-state index contributed by atoms with van der Waals surface area (Å²) in [6, 6.07) is 4.34. The van der Waals surface area contributed by atoms with Gasteiger partial charge < -0.3 is 10.1 Å². The van der Waals surface area contributed by atoms with Crippen LogP contribution < -0.4 is 5.32 Å². The second kappa shape index (κ2) is 6.62. The zero-order chi connectivity index (χ0) is 14.8. The highest BCUT2D eigenvalue weighted by atomic mass is 35.5. The van der Waals surface area contributed by atoms with Crippen LogP contribution in [0.2, 0.25) is 10.0 Å². The lowest BCUT2D eigenvalue weighted by Gasteiger charge is -2.31. The summed E-state index contributed by atoms with van der Waals surface area (Å²) in [5, 5.41) is 3.10. The van der Waals surface area contributed by atoms with Crippen molar-refractivity contribution in [2.24, 2.45) is 0 Å². The molecule has 0 radical (unpaired) electrons. The fourth-order valence-electron chi connectivity index (χ4n) is 2.37. The molecule has 4 nitrogen and oxygen atoms in total. The lowest BCUT2D eigenvalue weighted by atomic mass is 10.1. The van der Waals surface area contributed by atoms with Crippen molar-refractivity contribution >= 4 is 33.0 Å². The molecule has 1 saturated heterocycles. The summed E-state index contributed by atoms with van der Waals surface area (Å²) in [5.74, 6) is 0. The number of benzene rings is 1. The Bertz CT molecular complexity index is 575. The normalized spacial score (nSPS) is 23.8. The van der Waals surface area contributed by atoms with Crippen molar-refractivity contribution in [1.29, 1.82) is 0 Å². The SMILES string of the molecule is CCNC1CCOCC1S(=O)(=O)c1cc(Cl)ccc1Cl. The first-order valence-corrected chi connectivity index (χ1v) is 8.77. The van der Waals surface area contributed by atoms with E-state index in [4.69, 9.17) is 27.9 Å². The van der Waals surface area contributed by atoms with E-state index in [2.05, 4.69) is 5.32 Å². The molecule has 1 N–H and O–H groups in total. The number of halogens is 2. The van der Waals surface area contributed by atoms with Crippen molar-refractivity contribution < 1.29 is 13.2 Å². The van der Waals surface area contributed by atoms with Crippen LogP contribution in [0, 0.1) is 0 Å². The summed E-state index contributed by atoms with van der Waals surface area (Å²) < 4.78 is 30.9. The highest BCUT2D eigenvalue weighted by Crippen LogP contribution is 2.30. The fourth-order valence-corrected chi connectivity index (χ4v) is 4.95. The lowest BCUT2D eigenvalue weighted by molar-refractivity contribution is 0.0812. The molecule has 0 amide bonds. The molecule has 1 aliphatic rings. The molecular weight excluding hydrogens is 321 g/mol. The first-order chi connectivity index (χ1) is 9.46. The Labute approximate surface area is 129 Å². The van der Waals surface area contributed by atoms with Crippen molar-refractivity contribution in [2.75, 3.05) is 19.8 Å². The molecule has 2 atom stereocenters. The minimum Gasteiger partial charge on any atom is -0.380 e. The summed E-state index contributed by atoms with van der Waals surface area (Å²) in [4.78, 5) is 0.0741.